The van der Waals surface area contributed by atoms with Gasteiger partial charge >= 0.3 is 0 Å². The van der Waals surface area contributed by atoms with Crippen molar-refractivity contribution in [1.29, 1.82) is 0 Å². The molecule has 0 radical (unpaired) electrons. The van der Waals surface area contributed by atoms with Crippen LogP contribution in [-0.4, -0.2) is 49.1 Å². The van der Waals surface area contributed by atoms with E-state index < -0.39 is 0 Å². The third-order valence-corrected chi connectivity index (χ3v) is 5.42. The number of aryl methyl sites for hydroxylation is 1. The molecule has 6 nitrogen and oxygen atoms in total. The molecule has 2 heterocycles. The smallest absolute Gasteiger partial charge is 0.226 e. The van der Waals surface area contributed by atoms with Gasteiger partial charge in [-0.2, -0.15) is 0 Å². The number of ether oxygens (including phenoxy) is 1. The van der Waals surface area contributed by atoms with Gasteiger partial charge in [0.2, 0.25) is 5.89 Å². The van der Waals surface area contributed by atoms with E-state index in [0.29, 0.717) is 25.5 Å². The minimum atomic E-state index is -0.279. The monoisotopic (exact) mass is 550 g/mol. The summed E-state index contributed by atoms with van der Waals surface area (Å²) in [5.74, 6) is 1.07. The van der Waals surface area contributed by atoms with Gasteiger partial charge in [0.1, 0.15) is 18.2 Å². The zero-order valence-electron chi connectivity index (χ0n) is 18.3. The van der Waals surface area contributed by atoms with Crippen LogP contribution in [0.1, 0.15) is 22.9 Å². The number of halogens is 2. The quantitative estimate of drug-likeness (QED) is 0.286. The molecular formula is C24H28FIN4O2. The topological polar surface area (TPSA) is 62.9 Å². The molecule has 3 aromatic rings. The fourth-order valence-electron chi connectivity index (χ4n) is 3.76. The Kier molecular flexibility index (Phi) is 8.63. The lowest BCUT2D eigenvalue weighted by Gasteiger charge is -2.35. The van der Waals surface area contributed by atoms with Crippen molar-refractivity contribution in [3.8, 4) is 11.5 Å². The number of hydrogen-bond donors (Lipinski definition) is 1. The van der Waals surface area contributed by atoms with Crippen molar-refractivity contribution >= 4 is 29.9 Å². The van der Waals surface area contributed by atoms with E-state index in [0.717, 1.165) is 30.3 Å². The molecule has 1 aromatic heterocycles. The van der Waals surface area contributed by atoms with Gasteiger partial charge in [0.05, 0.1) is 18.8 Å². The molecule has 1 aliphatic rings. The third kappa shape index (κ3) is 5.86. The average Bonchev–Trinajstić information content (AvgIpc) is 3.26. The van der Waals surface area contributed by atoms with Crippen LogP contribution in [0.3, 0.4) is 0 Å². The Morgan fingerprint density at radius 1 is 1.22 bits per heavy atom. The standard InChI is InChI=1S/C24H27FN4O2.HI/c1-17-5-3-4-6-21(17)22-15-29(13-14-30-22)24(26-2)27-12-11-20-16-31-23(28-20)18-7-9-19(25)10-8-18;/h3-10,16,22H,11-15H2,1-2H3,(H,26,27);1H. The summed E-state index contributed by atoms with van der Waals surface area (Å²) >= 11 is 0. The number of nitrogens with one attached hydrogen (secondary N) is 1. The van der Waals surface area contributed by atoms with Crippen molar-refractivity contribution in [2.45, 2.75) is 19.4 Å². The highest BCUT2D eigenvalue weighted by molar-refractivity contribution is 14.0. The first-order valence-corrected chi connectivity index (χ1v) is 10.5. The Hall–Kier alpha value is -2.46. The maximum Gasteiger partial charge on any atom is 0.226 e. The van der Waals surface area contributed by atoms with E-state index >= 15 is 0 Å². The molecular weight excluding hydrogens is 522 g/mol. The van der Waals surface area contributed by atoms with Crippen LogP contribution in [0.5, 0.6) is 0 Å². The summed E-state index contributed by atoms with van der Waals surface area (Å²) in [5, 5.41) is 3.42. The second-order valence-corrected chi connectivity index (χ2v) is 7.54. The number of oxazole rings is 1. The van der Waals surface area contributed by atoms with Gasteiger partial charge in [-0.15, -0.1) is 24.0 Å². The van der Waals surface area contributed by atoms with Crippen molar-refractivity contribution in [2.75, 3.05) is 33.3 Å². The molecule has 1 fully saturated rings. The van der Waals surface area contributed by atoms with Gasteiger partial charge < -0.3 is 19.4 Å². The minimum Gasteiger partial charge on any atom is -0.444 e. The molecule has 8 heteroatoms. The van der Waals surface area contributed by atoms with Crippen molar-refractivity contribution in [3.63, 3.8) is 0 Å². The van der Waals surface area contributed by atoms with E-state index in [-0.39, 0.29) is 35.9 Å². The van der Waals surface area contributed by atoms with Crippen LogP contribution in [0.4, 0.5) is 4.39 Å². The zero-order chi connectivity index (χ0) is 21.6. The van der Waals surface area contributed by atoms with E-state index in [4.69, 9.17) is 9.15 Å². The number of aromatic nitrogens is 1. The van der Waals surface area contributed by atoms with Crippen molar-refractivity contribution < 1.29 is 13.5 Å². The molecule has 1 saturated heterocycles. The highest BCUT2D eigenvalue weighted by atomic mass is 127. The molecule has 0 aliphatic carbocycles. The molecule has 170 valence electrons. The van der Waals surface area contributed by atoms with Gasteiger partial charge in [0.25, 0.3) is 0 Å². The normalized spacial score (nSPS) is 16.5. The summed E-state index contributed by atoms with van der Waals surface area (Å²) in [6.07, 6.45) is 2.36. The van der Waals surface area contributed by atoms with Crippen molar-refractivity contribution in [2.24, 2.45) is 4.99 Å². The van der Waals surface area contributed by atoms with Crippen LogP contribution < -0.4 is 5.32 Å². The Labute approximate surface area is 204 Å². The Balaban J connectivity index is 0.00000289. The molecule has 0 amide bonds. The lowest BCUT2D eigenvalue weighted by atomic mass is 10.0. The highest BCUT2D eigenvalue weighted by Gasteiger charge is 2.25. The van der Waals surface area contributed by atoms with Gasteiger partial charge in [-0.25, -0.2) is 9.37 Å². The van der Waals surface area contributed by atoms with E-state index in [9.17, 15) is 4.39 Å². The van der Waals surface area contributed by atoms with Crippen LogP contribution >= 0.6 is 24.0 Å². The zero-order valence-corrected chi connectivity index (χ0v) is 20.6. The Morgan fingerprint density at radius 3 is 2.75 bits per heavy atom. The summed E-state index contributed by atoms with van der Waals surface area (Å²) in [5.41, 5.74) is 4.05. The first-order valence-electron chi connectivity index (χ1n) is 10.5. The minimum absolute atomic E-state index is 0. The maximum absolute atomic E-state index is 13.1. The Bertz CT molecular complexity index is 1040. The fourth-order valence-corrected chi connectivity index (χ4v) is 3.76. The number of nitrogens with zero attached hydrogens (tertiary/aromatic N) is 3. The first-order chi connectivity index (χ1) is 15.1. The molecule has 0 spiro atoms. The fraction of sp³-hybridized carbons (Fsp3) is 0.333. The number of rotatable bonds is 5. The van der Waals surface area contributed by atoms with Gasteiger partial charge in [0.15, 0.2) is 5.96 Å². The summed E-state index contributed by atoms with van der Waals surface area (Å²) in [7, 11) is 1.79. The van der Waals surface area contributed by atoms with Gasteiger partial charge in [-0.05, 0) is 42.3 Å². The third-order valence-electron chi connectivity index (χ3n) is 5.42. The van der Waals surface area contributed by atoms with Crippen LogP contribution in [0, 0.1) is 12.7 Å². The average molecular weight is 550 g/mol. The molecule has 4 rings (SSSR count). The number of morpholine rings is 1. The molecule has 2 aromatic carbocycles. The summed E-state index contributed by atoms with van der Waals surface area (Å²) < 4.78 is 24.7. The van der Waals surface area contributed by atoms with Crippen LogP contribution in [0.25, 0.3) is 11.5 Å². The van der Waals surface area contributed by atoms with Crippen molar-refractivity contribution in [3.05, 3.63) is 77.4 Å². The van der Waals surface area contributed by atoms with E-state index in [2.05, 4.69) is 45.3 Å². The number of guanidine groups is 1. The maximum atomic E-state index is 13.1. The molecule has 0 bridgehead atoms. The number of hydrogen-bond acceptors (Lipinski definition) is 4. The number of aliphatic imine (C=N–C) groups is 1. The number of benzene rings is 2. The summed E-state index contributed by atoms with van der Waals surface area (Å²) in [6, 6.07) is 14.5. The molecule has 1 aliphatic heterocycles. The summed E-state index contributed by atoms with van der Waals surface area (Å²) in [4.78, 5) is 11.2. The lowest BCUT2D eigenvalue weighted by molar-refractivity contribution is -0.00829. The molecule has 0 saturated carbocycles. The summed E-state index contributed by atoms with van der Waals surface area (Å²) in [6.45, 7) is 4.99. The molecule has 1 atom stereocenters. The lowest BCUT2D eigenvalue weighted by Crippen LogP contribution is -2.48. The molecule has 1 N–H and O–H groups in total. The van der Waals surface area contributed by atoms with Crippen LogP contribution in [-0.2, 0) is 11.2 Å². The SMILES string of the molecule is CN=C(NCCc1coc(-c2ccc(F)cc2)n1)N1CCOC(c2ccccc2C)C1.I. The van der Waals surface area contributed by atoms with E-state index in [1.54, 1.807) is 25.4 Å². The molecule has 32 heavy (non-hydrogen) atoms. The molecule has 1 unspecified atom stereocenters. The van der Waals surface area contributed by atoms with Crippen LogP contribution in [0.15, 0.2) is 64.2 Å². The van der Waals surface area contributed by atoms with Gasteiger partial charge in [-0.1, -0.05) is 24.3 Å². The van der Waals surface area contributed by atoms with Crippen LogP contribution in [0.2, 0.25) is 0 Å². The second-order valence-electron chi connectivity index (χ2n) is 7.54. The predicted octanol–water partition coefficient (Wildman–Crippen LogP) is 4.60. The Morgan fingerprint density at radius 2 is 2.00 bits per heavy atom. The second kappa shape index (κ2) is 11.4. The largest absolute Gasteiger partial charge is 0.444 e. The van der Waals surface area contributed by atoms with Gasteiger partial charge in [-0.3, -0.25) is 4.99 Å². The van der Waals surface area contributed by atoms with E-state index in [1.807, 2.05) is 6.07 Å². The predicted molar refractivity (Wildman–Crippen MR) is 134 cm³/mol. The van der Waals surface area contributed by atoms with Crippen molar-refractivity contribution in [1.82, 2.24) is 15.2 Å². The highest BCUT2D eigenvalue weighted by Crippen LogP contribution is 2.25. The van der Waals surface area contributed by atoms with Gasteiger partial charge in [0, 0.05) is 32.1 Å². The van der Waals surface area contributed by atoms with E-state index in [1.165, 1.54) is 23.3 Å². The first kappa shape index (κ1) is 24.2.